The minimum Gasteiger partial charge on any atom is -0.867 e. The van der Waals surface area contributed by atoms with Crippen molar-refractivity contribution in [3.05, 3.63) is 28.9 Å². The minimum atomic E-state index is 0.110. The first-order valence-electron chi connectivity index (χ1n) is 3.77. The molecule has 0 fully saturated rings. The zero-order valence-electron chi connectivity index (χ0n) is 7.00. The van der Waals surface area contributed by atoms with E-state index in [-0.39, 0.29) is 5.75 Å². The Morgan fingerprint density at radius 2 is 2.08 bits per heavy atom. The van der Waals surface area contributed by atoms with Crippen molar-refractivity contribution in [3.63, 3.8) is 0 Å². The van der Waals surface area contributed by atoms with Gasteiger partial charge in [-0.05, 0) is 12.7 Å². The topological polar surface area (TPSA) is 27.2 Å². The third kappa shape index (κ3) is 0.975. The van der Waals surface area contributed by atoms with Crippen molar-refractivity contribution in [3.8, 4) is 5.75 Å². The highest BCUT2D eigenvalue weighted by atomic mass is 32.1. The molecule has 2 nitrogen and oxygen atoms in total. The van der Waals surface area contributed by atoms with Crippen molar-refractivity contribution >= 4 is 16.2 Å². The van der Waals surface area contributed by atoms with E-state index in [1.54, 1.807) is 17.4 Å². The number of fused-ring (bicyclic) bond motifs is 1. The van der Waals surface area contributed by atoms with E-state index in [4.69, 9.17) is 0 Å². The Morgan fingerprint density at radius 3 is 2.75 bits per heavy atom. The van der Waals surface area contributed by atoms with Gasteiger partial charge in [0.2, 0.25) is 0 Å². The fourth-order valence-corrected chi connectivity index (χ4v) is 2.17. The molecule has 2 aromatic rings. The third-order valence-corrected chi connectivity index (χ3v) is 2.87. The van der Waals surface area contributed by atoms with E-state index in [1.807, 2.05) is 30.5 Å². The fraction of sp³-hybridized carbons (Fsp3) is 0.222. The number of thiazole rings is 1. The second-order valence-corrected chi connectivity index (χ2v) is 4.09. The Morgan fingerprint density at radius 1 is 1.33 bits per heavy atom. The van der Waals surface area contributed by atoms with Gasteiger partial charge in [0.25, 0.3) is 4.83 Å². The first-order valence-corrected chi connectivity index (χ1v) is 4.58. The van der Waals surface area contributed by atoms with E-state index in [0.717, 1.165) is 10.5 Å². The van der Waals surface area contributed by atoms with Crippen LogP contribution in [-0.2, 0) is 0 Å². The largest absolute Gasteiger partial charge is 0.867 e. The van der Waals surface area contributed by atoms with Gasteiger partial charge in [0.05, 0.1) is 4.88 Å². The first-order chi connectivity index (χ1) is 5.68. The van der Waals surface area contributed by atoms with Gasteiger partial charge < -0.3 is 5.11 Å². The molecule has 0 aliphatic heterocycles. The molecule has 3 heteroatoms. The molecule has 0 unspecified atom stereocenters. The van der Waals surface area contributed by atoms with Crippen LogP contribution in [0.25, 0.3) is 4.83 Å². The second-order valence-electron chi connectivity index (χ2n) is 2.86. The quantitative estimate of drug-likeness (QED) is 0.558. The Hall–Kier alpha value is -1.09. The molecule has 0 saturated heterocycles. The van der Waals surface area contributed by atoms with Gasteiger partial charge in [-0.15, -0.1) is 0 Å². The van der Waals surface area contributed by atoms with Crippen LogP contribution in [0.1, 0.15) is 10.6 Å². The summed E-state index contributed by atoms with van der Waals surface area (Å²) in [7, 11) is 0. The van der Waals surface area contributed by atoms with Gasteiger partial charge in [-0.25, -0.2) is 0 Å². The average Bonchev–Trinajstić information content (AvgIpc) is 2.41. The Labute approximate surface area is 74.7 Å². The zero-order chi connectivity index (χ0) is 8.72. The SMILES string of the molecule is Cc1c[n+]2c(C)ccc([O-])c2s1. The van der Waals surface area contributed by atoms with Crippen LogP contribution in [0.2, 0.25) is 0 Å². The summed E-state index contributed by atoms with van der Waals surface area (Å²) in [6.07, 6.45) is 2.00. The van der Waals surface area contributed by atoms with Crippen molar-refractivity contribution in [2.45, 2.75) is 13.8 Å². The van der Waals surface area contributed by atoms with Crippen molar-refractivity contribution in [2.24, 2.45) is 0 Å². The number of aryl methyl sites for hydroxylation is 2. The fourth-order valence-electron chi connectivity index (χ4n) is 1.25. The summed E-state index contributed by atoms with van der Waals surface area (Å²) in [5, 5.41) is 11.3. The molecule has 2 heterocycles. The first kappa shape index (κ1) is 7.55. The monoisotopic (exact) mass is 179 g/mol. The maximum atomic E-state index is 11.3. The number of pyridine rings is 1. The molecular formula is C9H9NOS. The number of nitrogens with zero attached hydrogens (tertiary/aromatic N) is 1. The lowest BCUT2D eigenvalue weighted by Gasteiger charge is -2.00. The maximum Gasteiger partial charge on any atom is 0.259 e. The van der Waals surface area contributed by atoms with E-state index in [9.17, 15) is 5.11 Å². The van der Waals surface area contributed by atoms with Crippen LogP contribution in [0.15, 0.2) is 18.3 Å². The molecule has 0 amide bonds. The van der Waals surface area contributed by atoms with E-state index < -0.39 is 0 Å². The molecule has 62 valence electrons. The second kappa shape index (κ2) is 2.45. The summed E-state index contributed by atoms with van der Waals surface area (Å²) in [5.41, 5.74) is 1.11. The number of hydrogen-bond acceptors (Lipinski definition) is 2. The predicted octanol–water partition coefficient (Wildman–Crippen LogP) is 1.18. The summed E-state index contributed by atoms with van der Waals surface area (Å²) in [6, 6.07) is 3.47. The van der Waals surface area contributed by atoms with Crippen LogP contribution >= 0.6 is 11.3 Å². The summed E-state index contributed by atoms with van der Waals surface area (Å²) in [6.45, 7) is 4.01. The normalized spacial score (nSPS) is 10.8. The zero-order valence-corrected chi connectivity index (χ0v) is 7.81. The lowest BCUT2D eigenvalue weighted by molar-refractivity contribution is -0.519. The summed E-state index contributed by atoms with van der Waals surface area (Å²) in [5.74, 6) is 0.110. The van der Waals surface area contributed by atoms with Crippen LogP contribution in [0.4, 0.5) is 0 Å². The Bertz CT molecular complexity index is 394. The van der Waals surface area contributed by atoms with Crippen LogP contribution in [0.5, 0.6) is 5.75 Å². The molecule has 2 rings (SSSR count). The van der Waals surface area contributed by atoms with Gasteiger partial charge in [0, 0.05) is 13.0 Å². The smallest absolute Gasteiger partial charge is 0.259 e. The molecule has 0 N–H and O–H groups in total. The summed E-state index contributed by atoms with van der Waals surface area (Å²) in [4.78, 5) is 1.98. The maximum absolute atomic E-state index is 11.3. The third-order valence-electron chi connectivity index (χ3n) is 1.85. The molecule has 0 atom stereocenters. The van der Waals surface area contributed by atoms with Gasteiger partial charge in [-0.1, -0.05) is 17.4 Å². The van der Waals surface area contributed by atoms with Crippen molar-refractivity contribution in [1.82, 2.24) is 0 Å². The Kier molecular flexibility index (Phi) is 1.54. The van der Waals surface area contributed by atoms with Gasteiger partial charge in [-0.2, -0.15) is 4.40 Å². The molecule has 0 bridgehead atoms. The molecule has 2 aromatic heterocycles. The lowest BCUT2D eigenvalue weighted by Crippen LogP contribution is -2.22. The predicted molar refractivity (Wildman–Crippen MR) is 46.4 cm³/mol. The van der Waals surface area contributed by atoms with E-state index in [0.29, 0.717) is 0 Å². The standard InChI is InChI=1S/C9H9NOS/c1-6-3-4-8(11)9-10(6)5-7(2)12-9/h3-5H,1-2H3. The minimum absolute atomic E-state index is 0.110. The van der Waals surface area contributed by atoms with Crippen LogP contribution in [-0.4, -0.2) is 0 Å². The van der Waals surface area contributed by atoms with E-state index in [2.05, 4.69) is 0 Å². The van der Waals surface area contributed by atoms with Gasteiger partial charge in [-0.3, -0.25) is 0 Å². The average molecular weight is 179 g/mol. The molecule has 0 aliphatic rings. The van der Waals surface area contributed by atoms with Gasteiger partial charge >= 0.3 is 0 Å². The van der Waals surface area contributed by atoms with Crippen molar-refractivity contribution in [1.29, 1.82) is 0 Å². The molecule has 0 saturated carbocycles. The highest BCUT2D eigenvalue weighted by Gasteiger charge is 2.09. The van der Waals surface area contributed by atoms with Crippen LogP contribution < -0.4 is 9.51 Å². The molecule has 0 aromatic carbocycles. The molecule has 12 heavy (non-hydrogen) atoms. The van der Waals surface area contributed by atoms with Crippen molar-refractivity contribution in [2.75, 3.05) is 0 Å². The van der Waals surface area contributed by atoms with Crippen LogP contribution in [0, 0.1) is 13.8 Å². The molecule has 0 aliphatic carbocycles. The van der Waals surface area contributed by atoms with E-state index in [1.165, 1.54) is 4.88 Å². The lowest BCUT2D eigenvalue weighted by atomic mass is 10.3. The number of aromatic nitrogens is 1. The number of rotatable bonds is 0. The van der Waals surface area contributed by atoms with Gasteiger partial charge in [0.15, 0.2) is 11.9 Å². The molecular weight excluding hydrogens is 170 g/mol. The van der Waals surface area contributed by atoms with E-state index >= 15 is 0 Å². The summed E-state index contributed by atoms with van der Waals surface area (Å²) >= 11 is 1.54. The Balaban J connectivity index is 2.93. The summed E-state index contributed by atoms with van der Waals surface area (Å²) < 4.78 is 1.95. The van der Waals surface area contributed by atoms with Gasteiger partial charge in [0.1, 0.15) is 0 Å². The number of hydrogen-bond donors (Lipinski definition) is 0. The molecule has 0 spiro atoms. The highest BCUT2D eigenvalue weighted by molar-refractivity contribution is 7.17. The van der Waals surface area contributed by atoms with Crippen molar-refractivity contribution < 1.29 is 9.51 Å². The van der Waals surface area contributed by atoms with Crippen LogP contribution in [0.3, 0.4) is 0 Å². The molecule has 0 radical (unpaired) electrons. The highest BCUT2D eigenvalue weighted by Crippen LogP contribution is 2.19.